The summed E-state index contributed by atoms with van der Waals surface area (Å²) in [5.41, 5.74) is 4.06. The second-order valence-corrected chi connectivity index (χ2v) is 7.92. The van der Waals surface area contributed by atoms with E-state index in [1.165, 1.54) is 0 Å². The number of aromatic nitrogens is 2. The molecule has 0 radical (unpaired) electrons. The maximum Gasteiger partial charge on any atom is 0.339 e. The highest BCUT2D eigenvalue weighted by molar-refractivity contribution is 6.06. The molecule has 0 unspecified atom stereocenters. The first-order valence-corrected chi connectivity index (χ1v) is 10.7. The highest BCUT2D eigenvalue weighted by Crippen LogP contribution is 2.27. The fourth-order valence-electron chi connectivity index (χ4n) is 3.98. The fourth-order valence-corrected chi connectivity index (χ4v) is 3.98. The molecule has 0 saturated carbocycles. The van der Waals surface area contributed by atoms with Crippen molar-refractivity contribution in [2.45, 2.75) is 40.7 Å². The van der Waals surface area contributed by atoms with E-state index in [0.29, 0.717) is 33.5 Å². The van der Waals surface area contributed by atoms with Crippen molar-refractivity contribution in [3.8, 4) is 11.5 Å². The minimum absolute atomic E-state index is 0.214. The molecule has 0 saturated heterocycles. The number of hydrogen-bond acceptors (Lipinski definition) is 5. The van der Waals surface area contributed by atoms with E-state index >= 15 is 0 Å². The van der Waals surface area contributed by atoms with Crippen LogP contribution in [0.2, 0.25) is 0 Å². The zero-order valence-corrected chi connectivity index (χ0v) is 18.8. The molecule has 1 aromatic carbocycles. The lowest BCUT2D eigenvalue weighted by atomic mass is 10.1. The first kappa shape index (κ1) is 21.6. The van der Waals surface area contributed by atoms with E-state index in [4.69, 9.17) is 9.15 Å². The summed E-state index contributed by atoms with van der Waals surface area (Å²) in [5.74, 6) is 0.546. The van der Waals surface area contributed by atoms with Crippen molar-refractivity contribution in [2.24, 2.45) is 0 Å². The summed E-state index contributed by atoms with van der Waals surface area (Å²) >= 11 is 0. The van der Waals surface area contributed by atoms with Gasteiger partial charge in [0.2, 0.25) is 5.78 Å². The highest BCUT2D eigenvalue weighted by atomic mass is 16.5. The number of ether oxygens (including phenoxy) is 1. The summed E-state index contributed by atoms with van der Waals surface area (Å²) < 4.78 is 13.3. The van der Waals surface area contributed by atoms with Crippen LogP contribution in [-0.2, 0) is 11.3 Å². The van der Waals surface area contributed by atoms with Crippen LogP contribution in [0.3, 0.4) is 0 Å². The van der Waals surface area contributed by atoms with Crippen LogP contribution in [0.4, 0.5) is 0 Å². The van der Waals surface area contributed by atoms with Crippen molar-refractivity contribution < 1.29 is 18.7 Å². The van der Waals surface area contributed by atoms with E-state index in [0.717, 1.165) is 30.1 Å². The molecular weight excluding hydrogens is 404 g/mol. The molecule has 0 fully saturated rings. The van der Waals surface area contributed by atoms with Gasteiger partial charge in [-0.05, 0) is 57.5 Å². The van der Waals surface area contributed by atoms with E-state index in [1.54, 1.807) is 6.07 Å². The number of pyridine rings is 1. The number of nitrogens with zero attached hydrogens (tertiary/aromatic N) is 2. The number of esters is 1. The molecule has 0 aliphatic heterocycles. The molecule has 164 valence electrons. The number of ketones is 1. The molecule has 0 aliphatic carbocycles. The van der Waals surface area contributed by atoms with Gasteiger partial charge in [0.1, 0.15) is 11.5 Å². The number of hydrogen-bond donors (Lipinski definition) is 0. The Kier molecular flexibility index (Phi) is 5.95. The third kappa shape index (κ3) is 4.08. The molecule has 32 heavy (non-hydrogen) atoms. The van der Waals surface area contributed by atoms with Gasteiger partial charge in [0, 0.05) is 28.9 Å². The number of aryl methyl sites for hydroxylation is 2. The van der Waals surface area contributed by atoms with E-state index in [-0.39, 0.29) is 12.4 Å². The van der Waals surface area contributed by atoms with Crippen LogP contribution in [0.1, 0.15) is 51.2 Å². The van der Waals surface area contributed by atoms with Crippen molar-refractivity contribution in [2.75, 3.05) is 6.61 Å². The van der Waals surface area contributed by atoms with Gasteiger partial charge in [-0.2, -0.15) is 0 Å². The number of carbonyl (C=O) groups excluding carboxylic acids is 2. The first-order valence-electron chi connectivity index (χ1n) is 10.7. The molecule has 3 heterocycles. The van der Waals surface area contributed by atoms with Crippen LogP contribution in [-0.4, -0.2) is 27.9 Å². The monoisotopic (exact) mass is 430 g/mol. The smallest absolute Gasteiger partial charge is 0.339 e. The number of fused-ring (bicyclic) bond motifs is 1. The van der Waals surface area contributed by atoms with Crippen LogP contribution >= 0.6 is 0 Å². The van der Waals surface area contributed by atoms with Gasteiger partial charge in [0.25, 0.3) is 0 Å². The lowest BCUT2D eigenvalue weighted by molar-refractivity contribution is 0.0476. The zero-order valence-electron chi connectivity index (χ0n) is 18.8. The number of furan rings is 1. The second-order valence-electron chi connectivity index (χ2n) is 7.92. The first-order chi connectivity index (χ1) is 15.4. The van der Waals surface area contributed by atoms with Gasteiger partial charge in [-0.3, -0.25) is 4.79 Å². The van der Waals surface area contributed by atoms with Crippen molar-refractivity contribution >= 4 is 22.7 Å². The van der Waals surface area contributed by atoms with Crippen molar-refractivity contribution in [3.63, 3.8) is 0 Å². The largest absolute Gasteiger partial charge is 0.460 e. The van der Waals surface area contributed by atoms with Crippen LogP contribution in [0.5, 0.6) is 0 Å². The van der Waals surface area contributed by atoms with Gasteiger partial charge >= 0.3 is 5.97 Å². The molecule has 0 aliphatic rings. The number of carbonyl (C=O) groups is 2. The SMILES string of the molecule is CCCn1c(C)cc(C(=O)COC(=O)c2cc(-c3ccc(C)o3)nc3ccccc23)c1C. The number of para-hydroxylation sites is 1. The maximum atomic E-state index is 13.0. The molecule has 4 aromatic rings. The minimum atomic E-state index is -0.566. The Labute approximate surface area is 186 Å². The minimum Gasteiger partial charge on any atom is -0.460 e. The fraction of sp³-hybridized carbons (Fsp3) is 0.269. The highest BCUT2D eigenvalue weighted by Gasteiger charge is 2.20. The zero-order chi connectivity index (χ0) is 22.8. The third-order valence-electron chi connectivity index (χ3n) is 5.58. The van der Waals surface area contributed by atoms with E-state index in [1.807, 2.05) is 63.2 Å². The molecule has 0 bridgehead atoms. The molecule has 0 N–H and O–H groups in total. The molecule has 0 spiro atoms. The Hall–Kier alpha value is -3.67. The summed E-state index contributed by atoms with van der Waals surface area (Å²) in [4.78, 5) is 30.4. The van der Waals surface area contributed by atoms with E-state index in [9.17, 15) is 9.59 Å². The summed E-state index contributed by atoms with van der Waals surface area (Å²) in [5, 5.41) is 0.665. The standard InChI is InChI=1S/C26H26N2O4/c1-5-12-28-16(2)13-20(18(28)4)24(29)15-31-26(30)21-14-23(25-11-10-17(3)32-25)27-22-9-7-6-8-19(21)22/h6-11,13-14H,5,12,15H2,1-4H3. The van der Waals surface area contributed by atoms with Gasteiger partial charge in [0.05, 0.1) is 11.1 Å². The second kappa shape index (κ2) is 8.83. The van der Waals surface area contributed by atoms with Gasteiger partial charge < -0.3 is 13.7 Å². The molecule has 6 heteroatoms. The van der Waals surface area contributed by atoms with Crippen molar-refractivity contribution in [3.05, 3.63) is 76.8 Å². The summed E-state index contributed by atoms with van der Waals surface area (Å²) in [6.07, 6.45) is 0.978. The Morgan fingerprint density at radius 1 is 1.03 bits per heavy atom. The quantitative estimate of drug-likeness (QED) is 0.279. The van der Waals surface area contributed by atoms with Crippen LogP contribution < -0.4 is 0 Å². The molecule has 0 atom stereocenters. The summed E-state index contributed by atoms with van der Waals surface area (Å²) in [6, 6.07) is 14.5. The normalized spacial score (nSPS) is 11.1. The van der Waals surface area contributed by atoms with E-state index in [2.05, 4.69) is 16.5 Å². The average molecular weight is 431 g/mol. The molecule has 3 aromatic heterocycles. The average Bonchev–Trinajstić information content (AvgIpc) is 3.35. The molecule has 4 rings (SSSR count). The molecule has 6 nitrogen and oxygen atoms in total. The predicted molar refractivity (Wildman–Crippen MR) is 123 cm³/mol. The molecular formula is C26H26N2O4. The number of rotatable bonds is 7. The van der Waals surface area contributed by atoms with Crippen molar-refractivity contribution in [1.29, 1.82) is 0 Å². The van der Waals surface area contributed by atoms with Crippen LogP contribution in [0, 0.1) is 20.8 Å². The van der Waals surface area contributed by atoms with Gasteiger partial charge in [-0.1, -0.05) is 25.1 Å². The lowest BCUT2D eigenvalue weighted by Crippen LogP contribution is -2.15. The maximum absolute atomic E-state index is 13.0. The van der Waals surface area contributed by atoms with Crippen LogP contribution in [0.15, 0.2) is 52.9 Å². The van der Waals surface area contributed by atoms with E-state index < -0.39 is 5.97 Å². The Morgan fingerprint density at radius 3 is 2.53 bits per heavy atom. The Balaban J connectivity index is 1.60. The summed E-state index contributed by atoms with van der Waals surface area (Å²) in [6.45, 7) is 8.38. The van der Waals surface area contributed by atoms with Gasteiger partial charge in [0.15, 0.2) is 12.4 Å². The number of benzene rings is 1. The third-order valence-corrected chi connectivity index (χ3v) is 5.58. The number of Topliss-reactive ketones (excluding diaryl/α,β-unsaturated/α-hetero) is 1. The lowest BCUT2D eigenvalue weighted by Gasteiger charge is -2.10. The van der Waals surface area contributed by atoms with Gasteiger partial charge in [-0.15, -0.1) is 0 Å². The van der Waals surface area contributed by atoms with Crippen molar-refractivity contribution in [1.82, 2.24) is 9.55 Å². The van der Waals surface area contributed by atoms with Crippen LogP contribution in [0.25, 0.3) is 22.4 Å². The summed E-state index contributed by atoms with van der Waals surface area (Å²) in [7, 11) is 0. The Morgan fingerprint density at radius 2 is 1.81 bits per heavy atom. The van der Waals surface area contributed by atoms with Gasteiger partial charge in [-0.25, -0.2) is 9.78 Å². The predicted octanol–water partition coefficient (Wildman–Crippen LogP) is 5.67. The Bertz CT molecular complexity index is 1310. The molecule has 0 amide bonds. The topological polar surface area (TPSA) is 74.3 Å².